The molecule has 0 bridgehead atoms. The van der Waals surface area contributed by atoms with E-state index >= 15 is 0 Å². The molecule has 16 heavy (non-hydrogen) atoms. The topological polar surface area (TPSA) is 29.5 Å². The Kier molecular flexibility index (Phi) is 4.38. The molecule has 0 amide bonds. The van der Waals surface area contributed by atoms with Gasteiger partial charge in [0, 0.05) is 12.5 Å². The zero-order valence-corrected chi connectivity index (χ0v) is 12.3. The van der Waals surface area contributed by atoms with E-state index in [2.05, 4.69) is 33.9 Å². The number of hydrogen-bond donors (Lipinski definition) is 1. The van der Waals surface area contributed by atoms with Crippen LogP contribution in [0.1, 0.15) is 33.6 Å². The van der Waals surface area contributed by atoms with Gasteiger partial charge in [-0.05, 0) is 31.0 Å². The van der Waals surface area contributed by atoms with Crippen LogP contribution in [0.4, 0.5) is 0 Å². The molecule has 0 heterocycles. The molecule has 1 fully saturated rings. The summed E-state index contributed by atoms with van der Waals surface area (Å²) >= 11 is 0. The van der Waals surface area contributed by atoms with Crippen LogP contribution in [0.3, 0.4) is 0 Å². The van der Waals surface area contributed by atoms with Gasteiger partial charge in [-0.2, -0.15) is 0 Å². The zero-order valence-electron chi connectivity index (χ0n) is 11.3. The summed E-state index contributed by atoms with van der Waals surface area (Å²) in [4.78, 5) is 0. The Balaban J connectivity index is 2.44. The van der Waals surface area contributed by atoms with Gasteiger partial charge < -0.3 is 9.53 Å². The molecule has 1 aliphatic carbocycles. The molecule has 0 saturated heterocycles. The fraction of sp³-hybridized carbons (Fsp3) is 0.846. The smallest absolute Gasteiger partial charge is 0.192 e. The van der Waals surface area contributed by atoms with Crippen LogP contribution in [-0.2, 0) is 4.43 Å². The van der Waals surface area contributed by atoms with E-state index in [1.165, 1.54) is 12.0 Å². The maximum Gasteiger partial charge on any atom is 0.192 e. The highest BCUT2D eigenvalue weighted by atomic mass is 28.4. The minimum atomic E-state index is -1.59. The van der Waals surface area contributed by atoms with Gasteiger partial charge in [0.1, 0.15) is 0 Å². The molecule has 1 aliphatic rings. The Hall–Kier alpha value is -0.123. The van der Waals surface area contributed by atoms with Crippen molar-refractivity contribution in [3.8, 4) is 0 Å². The second-order valence-electron chi connectivity index (χ2n) is 6.27. The predicted molar refractivity (Wildman–Crippen MR) is 71.0 cm³/mol. The molecule has 1 rings (SSSR count). The minimum Gasteiger partial charge on any atom is -0.416 e. The lowest BCUT2D eigenvalue weighted by atomic mass is 9.80. The Morgan fingerprint density at radius 1 is 1.44 bits per heavy atom. The predicted octanol–water partition coefficient (Wildman–Crippen LogP) is 3.34. The molecule has 0 aliphatic heterocycles. The Bertz CT molecular complexity index is 264. The molecule has 1 saturated carbocycles. The summed E-state index contributed by atoms with van der Waals surface area (Å²) in [5.41, 5.74) is 1.39. The van der Waals surface area contributed by atoms with Crippen LogP contribution >= 0.6 is 0 Å². The molecule has 0 aromatic carbocycles. The van der Waals surface area contributed by atoms with Gasteiger partial charge in [-0.25, -0.2) is 0 Å². The first-order valence-electron chi connectivity index (χ1n) is 6.21. The third-order valence-corrected chi connectivity index (χ3v) is 8.61. The number of rotatable bonds is 4. The molecule has 0 aromatic rings. The van der Waals surface area contributed by atoms with Crippen molar-refractivity contribution in [3.63, 3.8) is 0 Å². The summed E-state index contributed by atoms with van der Waals surface area (Å²) in [7, 11) is -1.59. The molecular weight excluding hydrogens is 216 g/mol. The first-order chi connectivity index (χ1) is 7.28. The van der Waals surface area contributed by atoms with Crippen LogP contribution < -0.4 is 0 Å². The number of aliphatic hydroxyl groups is 1. The summed E-state index contributed by atoms with van der Waals surface area (Å²) < 4.78 is 6.19. The highest BCUT2D eigenvalue weighted by molar-refractivity contribution is 6.74. The first kappa shape index (κ1) is 13.9. The average molecular weight is 242 g/mol. The van der Waals surface area contributed by atoms with Crippen LogP contribution in [0.25, 0.3) is 0 Å². The van der Waals surface area contributed by atoms with Gasteiger partial charge in [0.25, 0.3) is 0 Å². The van der Waals surface area contributed by atoms with Crippen LogP contribution in [0.5, 0.6) is 0 Å². The van der Waals surface area contributed by atoms with Crippen molar-refractivity contribution in [3.05, 3.63) is 11.6 Å². The van der Waals surface area contributed by atoms with E-state index in [1.54, 1.807) is 0 Å². The van der Waals surface area contributed by atoms with Crippen molar-refractivity contribution < 1.29 is 9.53 Å². The summed E-state index contributed by atoms with van der Waals surface area (Å²) in [5, 5.41) is 9.16. The Morgan fingerprint density at radius 2 is 2.06 bits per heavy atom. The fourth-order valence-corrected chi connectivity index (χ4v) is 2.67. The van der Waals surface area contributed by atoms with Gasteiger partial charge in [0.05, 0.1) is 6.61 Å². The molecular formula is C13H26O2Si. The van der Waals surface area contributed by atoms with Gasteiger partial charge in [0.2, 0.25) is 0 Å². The molecule has 2 nitrogen and oxygen atoms in total. The van der Waals surface area contributed by atoms with Crippen molar-refractivity contribution in [2.24, 2.45) is 5.92 Å². The van der Waals surface area contributed by atoms with Crippen LogP contribution in [0.15, 0.2) is 11.6 Å². The second kappa shape index (κ2) is 5.03. The summed E-state index contributed by atoms with van der Waals surface area (Å²) in [6.45, 7) is 12.4. The lowest BCUT2D eigenvalue weighted by Crippen LogP contribution is -2.42. The lowest BCUT2D eigenvalue weighted by molar-refractivity contribution is 0.211. The Labute approximate surface area is 101 Å². The SMILES string of the molecule is CC(C)(C)[Si](C)(C)OCC1CC/C1=C\CO. The summed E-state index contributed by atoms with van der Waals surface area (Å²) in [6, 6.07) is 0. The number of aliphatic hydroxyl groups excluding tert-OH is 1. The van der Waals surface area contributed by atoms with E-state index < -0.39 is 8.32 Å². The quantitative estimate of drug-likeness (QED) is 0.605. The van der Waals surface area contributed by atoms with Crippen LogP contribution in [0.2, 0.25) is 18.1 Å². The van der Waals surface area contributed by atoms with Crippen molar-refractivity contribution >= 4 is 8.32 Å². The maximum atomic E-state index is 8.87. The zero-order chi connectivity index (χ0) is 12.4. The monoisotopic (exact) mass is 242 g/mol. The van der Waals surface area contributed by atoms with Crippen molar-refractivity contribution in [1.29, 1.82) is 0 Å². The normalized spacial score (nSPS) is 24.6. The van der Waals surface area contributed by atoms with Gasteiger partial charge in [-0.1, -0.05) is 32.4 Å². The molecule has 1 unspecified atom stereocenters. The maximum absolute atomic E-state index is 8.87. The Morgan fingerprint density at radius 3 is 2.44 bits per heavy atom. The van der Waals surface area contributed by atoms with E-state index in [0.717, 1.165) is 13.0 Å². The molecule has 1 N–H and O–H groups in total. The van der Waals surface area contributed by atoms with E-state index in [9.17, 15) is 0 Å². The molecule has 0 spiro atoms. The third kappa shape index (κ3) is 3.19. The number of hydrogen-bond acceptors (Lipinski definition) is 2. The molecule has 0 aromatic heterocycles. The standard InChI is InChI=1S/C13H26O2Si/c1-13(2,3)16(4,5)15-10-12-7-6-11(12)8-9-14/h8,12,14H,6-7,9-10H2,1-5H3/b11-8+. The minimum absolute atomic E-state index is 0.173. The molecule has 94 valence electrons. The summed E-state index contributed by atoms with van der Waals surface area (Å²) in [6.07, 6.45) is 4.32. The van der Waals surface area contributed by atoms with E-state index in [-0.39, 0.29) is 11.6 Å². The van der Waals surface area contributed by atoms with E-state index in [1.807, 2.05) is 6.08 Å². The van der Waals surface area contributed by atoms with Crippen molar-refractivity contribution in [2.45, 2.75) is 51.7 Å². The second-order valence-corrected chi connectivity index (χ2v) is 11.1. The van der Waals surface area contributed by atoms with E-state index in [4.69, 9.17) is 9.53 Å². The largest absolute Gasteiger partial charge is 0.416 e. The van der Waals surface area contributed by atoms with Gasteiger partial charge in [-0.3, -0.25) is 0 Å². The average Bonchev–Trinajstić information content (AvgIpc) is 2.10. The van der Waals surface area contributed by atoms with Gasteiger partial charge in [0.15, 0.2) is 8.32 Å². The van der Waals surface area contributed by atoms with Crippen LogP contribution in [-0.4, -0.2) is 26.6 Å². The fourth-order valence-electron chi connectivity index (χ4n) is 1.62. The van der Waals surface area contributed by atoms with Crippen LogP contribution in [0, 0.1) is 5.92 Å². The first-order valence-corrected chi connectivity index (χ1v) is 9.12. The highest BCUT2D eigenvalue weighted by Gasteiger charge is 2.38. The highest BCUT2D eigenvalue weighted by Crippen LogP contribution is 2.39. The third-order valence-electron chi connectivity index (χ3n) is 4.11. The van der Waals surface area contributed by atoms with Gasteiger partial charge >= 0.3 is 0 Å². The molecule has 0 radical (unpaired) electrons. The lowest BCUT2D eigenvalue weighted by Gasteiger charge is -2.39. The molecule has 3 heteroatoms. The van der Waals surface area contributed by atoms with Gasteiger partial charge in [-0.15, -0.1) is 0 Å². The van der Waals surface area contributed by atoms with Crippen molar-refractivity contribution in [1.82, 2.24) is 0 Å². The molecule has 1 atom stereocenters. The van der Waals surface area contributed by atoms with E-state index in [0.29, 0.717) is 5.92 Å². The van der Waals surface area contributed by atoms with Crippen molar-refractivity contribution in [2.75, 3.05) is 13.2 Å². The summed E-state index contributed by atoms with van der Waals surface area (Å²) in [5.74, 6) is 0.571.